The molecule has 0 radical (unpaired) electrons. The molecule has 0 spiro atoms. The predicted octanol–water partition coefficient (Wildman–Crippen LogP) is 3.77. The van der Waals surface area contributed by atoms with Gasteiger partial charge in [0, 0.05) is 6.54 Å². The van der Waals surface area contributed by atoms with Gasteiger partial charge in [-0.25, -0.2) is 4.98 Å². The molecule has 1 saturated carbocycles. The summed E-state index contributed by atoms with van der Waals surface area (Å²) in [5.74, 6) is 1.29. The van der Waals surface area contributed by atoms with Gasteiger partial charge in [-0.05, 0) is 48.5 Å². The van der Waals surface area contributed by atoms with E-state index in [1.165, 1.54) is 25.7 Å². The molecule has 0 unspecified atom stereocenters. The van der Waals surface area contributed by atoms with Gasteiger partial charge in [0.15, 0.2) is 0 Å². The van der Waals surface area contributed by atoms with E-state index >= 15 is 0 Å². The highest BCUT2D eigenvalue weighted by atomic mass is 79.9. The number of aromatic nitrogens is 2. The SMILES string of the molecule is CCNc1ncc(Br)c(OC2CCCCCC2)n1. The first-order chi connectivity index (χ1) is 8.79. The number of anilines is 1. The molecule has 1 aliphatic carbocycles. The second-order valence-corrected chi connectivity index (χ2v) is 5.46. The van der Waals surface area contributed by atoms with Crippen LogP contribution in [0.1, 0.15) is 45.4 Å². The highest BCUT2D eigenvalue weighted by Gasteiger charge is 2.16. The fourth-order valence-electron chi connectivity index (χ4n) is 2.20. The number of hydrogen-bond acceptors (Lipinski definition) is 4. The molecular formula is C13H20BrN3O. The first-order valence-electron chi connectivity index (χ1n) is 6.72. The molecule has 1 aromatic rings. The van der Waals surface area contributed by atoms with Crippen molar-refractivity contribution in [3.05, 3.63) is 10.7 Å². The smallest absolute Gasteiger partial charge is 0.233 e. The quantitative estimate of drug-likeness (QED) is 0.859. The first kappa shape index (κ1) is 13.6. The van der Waals surface area contributed by atoms with E-state index in [0.29, 0.717) is 17.9 Å². The second-order valence-electron chi connectivity index (χ2n) is 4.61. The molecule has 1 N–H and O–H groups in total. The summed E-state index contributed by atoms with van der Waals surface area (Å²) in [6, 6.07) is 0. The number of nitrogens with zero attached hydrogens (tertiary/aromatic N) is 2. The van der Waals surface area contributed by atoms with Crippen molar-refractivity contribution in [3.8, 4) is 5.88 Å². The Morgan fingerprint density at radius 1 is 1.33 bits per heavy atom. The Hall–Kier alpha value is -0.840. The van der Waals surface area contributed by atoms with Crippen LogP contribution in [0.25, 0.3) is 0 Å². The molecule has 1 fully saturated rings. The molecule has 1 aromatic heterocycles. The first-order valence-corrected chi connectivity index (χ1v) is 7.52. The van der Waals surface area contributed by atoms with Gasteiger partial charge in [-0.1, -0.05) is 12.8 Å². The Balaban J connectivity index is 2.04. The van der Waals surface area contributed by atoms with Crippen molar-refractivity contribution >= 4 is 21.9 Å². The van der Waals surface area contributed by atoms with Crippen LogP contribution in [-0.4, -0.2) is 22.6 Å². The summed E-state index contributed by atoms with van der Waals surface area (Å²) in [4.78, 5) is 8.59. The van der Waals surface area contributed by atoms with Gasteiger partial charge in [-0.15, -0.1) is 0 Å². The van der Waals surface area contributed by atoms with Gasteiger partial charge in [0.05, 0.1) is 10.7 Å². The lowest BCUT2D eigenvalue weighted by Gasteiger charge is -2.17. The van der Waals surface area contributed by atoms with Crippen LogP contribution in [-0.2, 0) is 0 Å². The topological polar surface area (TPSA) is 47.0 Å². The van der Waals surface area contributed by atoms with Crippen LogP contribution >= 0.6 is 15.9 Å². The van der Waals surface area contributed by atoms with Gasteiger partial charge in [-0.2, -0.15) is 4.98 Å². The molecule has 0 aromatic carbocycles. The summed E-state index contributed by atoms with van der Waals surface area (Å²) in [6.07, 6.45) is 9.48. The molecule has 100 valence electrons. The van der Waals surface area contributed by atoms with Crippen molar-refractivity contribution in [2.75, 3.05) is 11.9 Å². The van der Waals surface area contributed by atoms with E-state index in [0.717, 1.165) is 23.9 Å². The number of rotatable bonds is 4. The zero-order chi connectivity index (χ0) is 12.8. The van der Waals surface area contributed by atoms with Crippen molar-refractivity contribution < 1.29 is 4.74 Å². The normalized spacial score (nSPS) is 17.2. The molecule has 0 amide bonds. The third-order valence-electron chi connectivity index (χ3n) is 3.13. The fourth-order valence-corrected chi connectivity index (χ4v) is 2.48. The van der Waals surface area contributed by atoms with E-state index in [-0.39, 0.29) is 0 Å². The number of hydrogen-bond donors (Lipinski definition) is 1. The maximum atomic E-state index is 6.02. The highest BCUT2D eigenvalue weighted by molar-refractivity contribution is 9.10. The monoisotopic (exact) mass is 313 g/mol. The summed E-state index contributed by atoms with van der Waals surface area (Å²) >= 11 is 3.45. The number of nitrogens with one attached hydrogen (secondary N) is 1. The van der Waals surface area contributed by atoms with E-state index in [2.05, 4.69) is 31.2 Å². The summed E-state index contributed by atoms with van der Waals surface area (Å²) in [6.45, 7) is 2.84. The minimum atomic E-state index is 0.299. The Kier molecular flexibility index (Phi) is 5.23. The molecular weight excluding hydrogens is 294 g/mol. The molecule has 1 heterocycles. The van der Waals surface area contributed by atoms with Crippen molar-refractivity contribution in [1.29, 1.82) is 0 Å². The summed E-state index contributed by atoms with van der Waals surface area (Å²) < 4.78 is 6.84. The van der Waals surface area contributed by atoms with Crippen molar-refractivity contribution in [3.63, 3.8) is 0 Å². The predicted molar refractivity (Wildman–Crippen MR) is 76.0 cm³/mol. The molecule has 4 nitrogen and oxygen atoms in total. The minimum absolute atomic E-state index is 0.299. The zero-order valence-corrected chi connectivity index (χ0v) is 12.4. The third-order valence-corrected chi connectivity index (χ3v) is 3.67. The van der Waals surface area contributed by atoms with Crippen LogP contribution < -0.4 is 10.1 Å². The van der Waals surface area contributed by atoms with Crippen molar-refractivity contribution in [2.24, 2.45) is 0 Å². The lowest BCUT2D eigenvalue weighted by Crippen LogP contribution is -2.16. The second kappa shape index (κ2) is 6.92. The molecule has 18 heavy (non-hydrogen) atoms. The lowest BCUT2D eigenvalue weighted by molar-refractivity contribution is 0.175. The van der Waals surface area contributed by atoms with E-state index in [9.17, 15) is 0 Å². The number of halogens is 1. The number of ether oxygens (including phenoxy) is 1. The molecule has 0 atom stereocenters. The van der Waals surface area contributed by atoms with Crippen molar-refractivity contribution in [2.45, 2.75) is 51.6 Å². The van der Waals surface area contributed by atoms with Crippen molar-refractivity contribution in [1.82, 2.24) is 9.97 Å². The summed E-state index contributed by atoms with van der Waals surface area (Å²) in [5.41, 5.74) is 0. The van der Waals surface area contributed by atoms with Gasteiger partial charge < -0.3 is 10.1 Å². The maximum Gasteiger partial charge on any atom is 0.233 e. The Bertz CT molecular complexity index is 378. The summed E-state index contributed by atoms with van der Waals surface area (Å²) in [5, 5.41) is 3.10. The van der Waals surface area contributed by atoms with Crippen LogP contribution in [0.2, 0.25) is 0 Å². The molecule has 2 rings (SSSR count). The fraction of sp³-hybridized carbons (Fsp3) is 0.692. The zero-order valence-electron chi connectivity index (χ0n) is 10.8. The average Bonchev–Trinajstić information content (AvgIpc) is 2.62. The molecule has 5 heteroatoms. The van der Waals surface area contributed by atoms with E-state index in [4.69, 9.17) is 4.74 Å². The van der Waals surface area contributed by atoms with Gasteiger partial charge in [0.25, 0.3) is 0 Å². The third kappa shape index (κ3) is 3.83. The summed E-state index contributed by atoms with van der Waals surface area (Å²) in [7, 11) is 0. The van der Waals surface area contributed by atoms with Crippen LogP contribution in [0, 0.1) is 0 Å². The standard InChI is InChI=1S/C13H20BrN3O/c1-2-15-13-16-9-11(14)12(17-13)18-10-7-5-3-4-6-8-10/h9-10H,2-8H2,1H3,(H,15,16,17). The highest BCUT2D eigenvalue weighted by Crippen LogP contribution is 2.27. The Morgan fingerprint density at radius 3 is 2.72 bits per heavy atom. The largest absolute Gasteiger partial charge is 0.473 e. The van der Waals surface area contributed by atoms with Gasteiger partial charge in [0.2, 0.25) is 11.8 Å². The average molecular weight is 314 g/mol. The Morgan fingerprint density at radius 2 is 2.06 bits per heavy atom. The molecule has 0 saturated heterocycles. The van der Waals surface area contributed by atoms with Crippen LogP contribution in [0.15, 0.2) is 10.7 Å². The van der Waals surface area contributed by atoms with Gasteiger partial charge in [-0.3, -0.25) is 0 Å². The van der Waals surface area contributed by atoms with Crippen LogP contribution in [0.5, 0.6) is 5.88 Å². The van der Waals surface area contributed by atoms with E-state index < -0.39 is 0 Å². The van der Waals surface area contributed by atoms with Gasteiger partial charge in [0.1, 0.15) is 6.10 Å². The molecule has 0 bridgehead atoms. The maximum absolute atomic E-state index is 6.02. The van der Waals surface area contributed by atoms with Crippen LogP contribution in [0.4, 0.5) is 5.95 Å². The van der Waals surface area contributed by atoms with E-state index in [1.807, 2.05) is 6.92 Å². The molecule has 0 aliphatic heterocycles. The molecule has 1 aliphatic rings. The van der Waals surface area contributed by atoms with E-state index in [1.54, 1.807) is 6.20 Å². The Labute approximate surface area is 117 Å². The van der Waals surface area contributed by atoms with Gasteiger partial charge >= 0.3 is 0 Å². The lowest BCUT2D eigenvalue weighted by atomic mass is 10.1. The minimum Gasteiger partial charge on any atom is -0.473 e. The van der Waals surface area contributed by atoms with Crippen LogP contribution in [0.3, 0.4) is 0 Å².